The fourth-order valence-electron chi connectivity index (χ4n) is 2.30. The molecule has 1 fully saturated rings. The molecule has 0 aromatic heterocycles. The van der Waals surface area contributed by atoms with Crippen LogP contribution >= 0.6 is 0 Å². The van der Waals surface area contributed by atoms with Crippen molar-refractivity contribution in [2.75, 3.05) is 5.32 Å². The van der Waals surface area contributed by atoms with E-state index in [1.165, 1.54) is 11.6 Å². The highest BCUT2D eigenvalue weighted by atomic mass is 16.2. The molecule has 1 aliphatic carbocycles. The fourth-order valence-corrected chi connectivity index (χ4v) is 2.30. The van der Waals surface area contributed by atoms with E-state index >= 15 is 0 Å². The smallest absolute Gasteiger partial charge is 0.253 e. The number of benzene rings is 2. The van der Waals surface area contributed by atoms with Crippen LogP contribution in [0.25, 0.3) is 6.08 Å². The van der Waals surface area contributed by atoms with E-state index in [1.54, 1.807) is 30.3 Å². The number of hydrogen-bond donors (Lipinski definition) is 2. The van der Waals surface area contributed by atoms with Gasteiger partial charge in [-0.15, -0.1) is 0 Å². The molecular formula is C20H20N2O2. The average Bonchev–Trinajstić information content (AvgIpc) is 3.39. The molecule has 1 saturated carbocycles. The number of para-hydroxylation sites is 1. The second-order valence-electron chi connectivity index (χ2n) is 6.03. The predicted octanol–water partition coefficient (Wildman–Crippen LogP) is 3.54. The van der Waals surface area contributed by atoms with Gasteiger partial charge >= 0.3 is 0 Å². The van der Waals surface area contributed by atoms with Crippen molar-refractivity contribution in [1.29, 1.82) is 0 Å². The zero-order valence-electron chi connectivity index (χ0n) is 13.6. The molecule has 0 saturated heterocycles. The summed E-state index contributed by atoms with van der Waals surface area (Å²) in [5, 5.41) is 5.72. The molecule has 2 aromatic rings. The summed E-state index contributed by atoms with van der Waals surface area (Å²) in [6.45, 7) is 2.02. The van der Waals surface area contributed by atoms with Gasteiger partial charge in [0.1, 0.15) is 0 Å². The van der Waals surface area contributed by atoms with Crippen LogP contribution in [0.4, 0.5) is 5.69 Å². The Balaban J connectivity index is 1.67. The van der Waals surface area contributed by atoms with Crippen LogP contribution in [0.2, 0.25) is 0 Å². The third-order valence-corrected chi connectivity index (χ3v) is 3.85. The molecule has 0 spiro atoms. The van der Waals surface area contributed by atoms with Crippen LogP contribution in [0.3, 0.4) is 0 Å². The molecule has 2 amide bonds. The van der Waals surface area contributed by atoms with E-state index in [4.69, 9.17) is 0 Å². The van der Waals surface area contributed by atoms with E-state index in [2.05, 4.69) is 10.6 Å². The van der Waals surface area contributed by atoms with Gasteiger partial charge in [0, 0.05) is 12.1 Å². The molecule has 0 radical (unpaired) electrons. The fraction of sp³-hybridized carbons (Fsp3) is 0.200. The van der Waals surface area contributed by atoms with Gasteiger partial charge in [-0.25, -0.2) is 0 Å². The van der Waals surface area contributed by atoms with Gasteiger partial charge < -0.3 is 10.6 Å². The minimum Gasteiger partial charge on any atom is -0.349 e. The summed E-state index contributed by atoms with van der Waals surface area (Å²) < 4.78 is 0. The van der Waals surface area contributed by atoms with E-state index in [0.29, 0.717) is 11.3 Å². The summed E-state index contributed by atoms with van der Waals surface area (Å²) in [6, 6.07) is 15.2. The SMILES string of the molecule is Cc1ccc(/C=C/C(=O)Nc2ccccc2C(=O)NC2CC2)cc1. The average molecular weight is 320 g/mol. The van der Waals surface area contributed by atoms with Gasteiger partial charge in [-0.3, -0.25) is 9.59 Å². The normalized spacial score (nSPS) is 13.7. The van der Waals surface area contributed by atoms with Crippen molar-refractivity contribution >= 4 is 23.6 Å². The Labute approximate surface area is 141 Å². The maximum atomic E-state index is 12.2. The molecule has 122 valence electrons. The van der Waals surface area contributed by atoms with Crippen molar-refractivity contribution in [1.82, 2.24) is 5.32 Å². The van der Waals surface area contributed by atoms with Crippen molar-refractivity contribution in [2.45, 2.75) is 25.8 Å². The molecule has 0 bridgehead atoms. The molecule has 4 nitrogen and oxygen atoms in total. The first kappa shape index (κ1) is 16.0. The highest BCUT2D eigenvalue weighted by molar-refractivity contribution is 6.07. The third kappa shape index (κ3) is 4.32. The van der Waals surface area contributed by atoms with Gasteiger partial charge in [0.05, 0.1) is 11.3 Å². The van der Waals surface area contributed by atoms with Gasteiger partial charge in [-0.05, 0) is 43.5 Å². The van der Waals surface area contributed by atoms with Gasteiger partial charge in [0.2, 0.25) is 5.91 Å². The molecule has 0 heterocycles. The summed E-state index contributed by atoms with van der Waals surface area (Å²) in [5.41, 5.74) is 3.14. The van der Waals surface area contributed by atoms with E-state index in [0.717, 1.165) is 18.4 Å². The Morgan fingerprint density at radius 1 is 1.04 bits per heavy atom. The number of rotatable bonds is 5. The van der Waals surface area contributed by atoms with Crippen LogP contribution in [0.1, 0.15) is 34.3 Å². The molecule has 24 heavy (non-hydrogen) atoms. The number of aryl methyl sites for hydroxylation is 1. The number of carbonyl (C=O) groups excluding carboxylic acids is 2. The van der Waals surface area contributed by atoms with Crippen LogP contribution in [0.15, 0.2) is 54.6 Å². The predicted molar refractivity (Wildman–Crippen MR) is 95.8 cm³/mol. The Morgan fingerprint density at radius 3 is 2.46 bits per heavy atom. The Hall–Kier alpha value is -2.88. The van der Waals surface area contributed by atoms with Crippen molar-refractivity contribution < 1.29 is 9.59 Å². The molecule has 1 aliphatic rings. The molecule has 3 rings (SSSR count). The maximum Gasteiger partial charge on any atom is 0.253 e. The number of nitrogens with one attached hydrogen (secondary N) is 2. The topological polar surface area (TPSA) is 58.2 Å². The monoisotopic (exact) mass is 320 g/mol. The molecule has 4 heteroatoms. The standard InChI is InChI=1S/C20H20N2O2/c1-14-6-8-15(9-7-14)10-13-19(23)22-18-5-3-2-4-17(18)20(24)21-16-11-12-16/h2-10,13,16H,11-12H2,1H3,(H,21,24)(H,22,23)/b13-10+. The van der Waals surface area contributed by atoms with Gasteiger partial charge in [0.25, 0.3) is 5.91 Å². The van der Waals surface area contributed by atoms with E-state index in [-0.39, 0.29) is 17.9 Å². The highest BCUT2D eigenvalue weighted by Crippen LogP contribution is 2.21. The van der Waals surface area contributed by atoms with Crippen LogP contribution < -0.4 is 10.6 Å². The minimum atomic E-state index is -0.262. The summed E-state index contributed by atoms with van der Waals surface area (Å²) in [6.07, 6.45) is 5.28. The van der Waals surface area contributed by atoms with E-state index in [1.807, 2.05) is 31.2 Å². The van der Waals surface area contributed by atoms with Crippen LogP contribution in [-0.4, -0.2) is 17.9 Å². The lowest BCUT2D eigenvalue weighted by molar-refractivity contribution is -0.111. The second-order valence-corrected chi connectivity index (χ2v) is 6.03. The number of anilines is 1. The van der Waals surface area contributed by atoms with Crippen LogP contribution in [0, 0.1) is 6.92 Å². The maximum absolute atomic E-state index is 12.2. The van der Waals surface area contributed by atoms with Crippen molar-refractivity contribution in [3.8, 4) is 0 Å². The molecule has 0 atom stereocenters. The van der Waals surface area contributed by atoms with Crippen molar-refractivity contribution in [3.63, 3.8) is 0 Å². The first-order valence-corrected chi connectivity index (χ1v) is 8.07. The number of hydrogen-bond acceptors (Lipinski definition) is 2. The van der Waals surface area contributed by atoms with E-state index in [9.17, 15) is 9.59 Å². The van der Waals surface area contributed by atoms with Crippen LogP contribution in [-0.2, 0) is 4.79 Å². The highest BCUT2D eigenvalue weighted by Gasteiger charge is 2.24. The van der Waals surface area contributed by atoms with Gasteiger partial charge in [-0.1, -0.05) is 42.0 Å². The lowest BCUT2D eigenvalue weighted by atomic mass is 10.1. The first-order valence-electron chi connectivity index (χ1n) is 8.07. The van der Waals surface area contributed by atoms with Gasteiger partial charge in [0.15, 0.2) is 0 Å². The zero-order chi connectivity index (χ0) is 16.9. The van der Waals surface area contributed by atoms with Gasteiger partial charge in [-0.2, -0.15) is 0 Å². The number of amides is 2. The van der Waals surface area contributed by atoms with Crippen molar-refractivity contribution in [2.24, 2.45) is 0 Å². The summed E-state index contributed by atoms with van der Waals surface area (Å²) in [7, 11) is 0. The summed E-state index contributed by atoms with van der Waals surface area (Å²) in [5.74, 6) is -0.404. The van der Waals surface area contributed by atoms with E-state index < -0.39 is 0 Å². The summed E-state index contributed by atoms with van der Waals surface area (Å²) in [4.78, 5) is 24.4. The zero-order valence-corrected chi connectivity index (χ0v) is 13.6. The minimum absolute atomic E-state index is 0.143. The lowest BCUT2D eigenvalue weighted by Gasteiger charge is -2.09. The Morgan fingerprint density at radius 2 is 1.75 bits per heavy atom. The Bertz CT molecular complexity index is 774. The largest absolute Gasteiger partial charge is 0.349 e. The second kappa shape index (κ2) is 7.13. The number of carbonyl (C=O) groups is 2. The quantitative estimate of drug-likeness (QED) is 0.828. The van der Waals surface area contributed by atoms with Crippen LogP contribution in [0.5, 0.6) is 0 Å². The third-order valence-electron chi connectivity index (χ3n) is 3.85. The molecule has 0 aliphatic heterocycles. The first-order chi connectivity index (χ1) is 11.6. The lowest BCUT2D eigenvalue weighted by Crippen LogP contribution is -2.26. The molecular weight excluding hydrogens is 300 g/mol. The summed E-state index contributed by atoms with van der Waals surface area (Å²) >= 11 is 0. The Kier molecular flexibility index (Phi) is 4.75. The molecule has 2 aromatic carbocycles. The molecule has 0 unspecified atom stereocenters. The molecule has 2 N–H and O–H groups in total. The van der Waals surface area contributed by atoms with Crippen molar-refractivity contribution in [3.05, 3.63) is 71.3 Å².